The number of aliphatic hydroxyl groups is 7. The highest BCUT2D eigenvalue weighted by atomic mass is 32.3. The van der Waals surface area contributed by atoms with Gasteiger partial charge in [-0.05, 0) is 13.0 Å². The van der Waals surface area contributed by atoms with Gasteiger partial charge in [0.2, 0.25) is 5.76 Å². The highest BCUT2D eigenvalue weighted by Crippen LogP contribution is 2.32. The summed E-state index contributed by atoms with van der Waals surface area (Å²) < 4.78 is 62.5. The van der Waals surface area contributed by atoms with E-state index in [2.05, 4.69) is 4.18 Å². The Morgan fingerprint density at radius 3 is 2.05 bits per heavy atom. The maximum absolute atomic E-state index is 11.2. The van der Waals surface area contributed by atoms with E-state index in [1.807, 2.05) is 0 Å². The van der Waals surface area contributed by atoms with E-state index >= 15 is 0 Å². The fourth-order valence-electron chi connectivity index (χ4n) is 4.83. The molecule has 2 saturated heterocycles. The van der Waals surface area contributed by atoms with Gasteiger partial charge in [0.25, 0.3) is 0 Å². The molecule has 0 amide bonds. The van der Waals surface area contributed by atoms with Crippen molar-refractivity contribution in [3.63, 3.8) is 0 Å². The largest absolute Gasteiger partial charge is 0.478 e. The molecule has 11 unspecified atom stereocenters. The summed E-state index contributed by atoms with van der Waals surface area (Å²) in [6.45, 7) is -0.853. The zero-order valence-electron chi connectivity index (χ0n) is 21.7. The number of rotatable bonds is 12. The molecule has 0 aromatic rings. The number of hydrogen-bond acceptors (Lipinski definition) is 16. The molecule has 3 heterocycles. The van der Waals surface area contributed by atoms with Crippen LogP contribution in [0, 0.1) is 11.8 Å². The molecule has 0 spiro atoms. The first-order valence-corrected chi connectivity index (χ1v) is 13.9. The molecule has 13 atom stereocenters. The maximum Gasteiger partial charge on any atom is 0.397 e. The predicted molar refractivity (Wildman–Crippen MR) is 128 cm³/mol. The lowest BCUT2D eigenvalue weighted by Gasteiger charge is -2.43. The molecule has 3 aliphatic rings. The van der Waals surface area contributed by atoms with Crippen LogP contribution in [0.5, 0.6) is 0 Å². The smallest absolute Gasteiger partial charge is 0.397 e. The fraction of sp³-hybridized carbons (Fsp3) is 0.864. The van der Waals surface area contributed by atoms with Crippen LogP contribution < -0.4 is 0 Å². The topological polar surface area (TPSA) is 289 Å². The lowest BCUT2D eigenvalue weighted by Crippen LogP contribution is -2.59. The molecule has 18 nitrogen and oxygen atoms in total. The van der Waals surface area contributed by atoms with E-state index in [-0.39, 0.29) is 13.2 Å². The minimum absolute atomic E-state index is 0.341. The Bertz CT molecular complexity index is 1010. The SMILES string of the molecule is CC1OC(COCC2C(COCC3OC(C(=O)O)=CC(O)C3O)C(O)OC(CO)[C@@H]2O)C(O)C(OS(=O)(=O)O)[C@H]1O. The number of hydrogen-bond donors (Lipinski definition) is 9. The summed E-state index contributed by atoms with van der Waals surface area (Å²) in [5.41, 5.74) is 0. The van der Waals surface area contributed by atoms with Crippen LogP contribution in [0.3, 0.4) is 0 Å². The predicted octanol–water partition coefficient (Wildman–Crippen LogP) is -4.89. The van der Waals surface area contributed by atoms with Gasteiger partial charge >= 0.3 is 16.4 Å². The zero-order chi connectivity index (χ0) is 30.6. The van der Waals surface area contributed by atoms with Gasteiger partial charge in [-0.3, -0.25) is 4.55 Å². The van der Waals surface area contributed by atoms with Gasteiger partial charge in [-0.2, -0.15) is 8.42 Å². The standard InChI is InChI=1S/C22H36O18S/c1-8-16(25)20(40-41(32,33)34)19(28)15(37-8)7-35-4-9-10(22(31)39-13(3-23)17(9)26)5-36-6-14-18(27)11(24)2-12(38-14)21(29)30/h2,8-11,13-20,22-28,31H,3-7H2,1H3,(H,29,30)(H,32,33,34)/t8?,9?,10?,11?,13?,14?,15?,16-,17+,18?,19?,20?,22?/m0/s1. The summed E-state index contributed by atoms with van der Waals surface area (Å²) in [7, 11) is -5.03. The molecule has 0 saturated carbocycles. The van der Waals surface area contributed by atoms with Crippen molar-refractivity contribution in [1.82, 2.24) is 0 Å². The van der Waals surface area contributed by atoms with Crippen LogP contribution >= 0.6 is 0 Å². The van der Waals surface area contributed by atoms with Crippen molar-refractivity contribution in [1.29, 1.82) is 0 Å². The molecule has 0 aliphatic carbocycles. The molecule has 0 bridgehead atoms. The molecule has 3 rings (SSSR count). The highest BCUT2D eigenvalue weighted by molar-refractivity contribution is 7.80. The van der Waals surface area contributed by atoms with Crippen molar-refractivity contribution in [2.45, 2.75) is 74.3 Å². The zero-order valence-corrected chi connectivity index (χ0v) is 22.5. The quantitative estimate of drug-likeness (QED) is 0.0924. The van der Waals surface area contributed by atoms with E-state index in [1.54, 1.807) is 0 Å². The summed E-state index contributed by atoms with van der Waals surface area (Å²) >= 11 is 0. The van der Waals surface area contributed by atoms with Crippen molar-refractivity contribution < 1.29 is 86.5 Å². The third kappa shape index (κ3) is 8.51. The van der Waals surface area contributed by atoms with Crippen LogP contribution in [0.25, 0.3) is 0 Å². The maximum atomic E-state index is 11.2. The molecule has 0 radical (unpaired) electrons. The first-order valence-electron chi connectivity index (χ1n) is 12.6. The van der Waals surface area contributed by atoms with Gasteiger partial charge in [0.05, 0.1) is 45.2 Å². The van der Waals surface area contributed by atoms with Crippen molar-refractivity contribution in [3.05, 3.63) is 11.8 Å². The minimum Gasteiger partial charge on any atom is -0.478 e. The van der Waals surface area contributed by atoms with E-state index in [9.17, 15) is 49.0 Å². The number of carboxylic acid groups (broad SMARTS) is 1. The van der Waals surface area contributed by atoms with Crippen LogP contribution in [0.1, 0.15) is 6.92 Å². The lowest BCUT2D eigenvalue weighted by atomic mass is 9.83. The lowest BCUT2D eigenvalue weighted by molar-refractivity contribution is -0.273. The number of ether oxygens (including phenoxy) is 5. The van der Waals surface area contributed by atoms with Gasteiger partial charge in [-0.1, -0.05) is 0 Å². The van der Waals surface area contributed by atoms with Gasteiger partial charge in [0.15, 0.2) is 12.4 Å². The molecule has 41 heavy (non-hydrogen) atoms. The molecule has 0 aromatic heterocycles. The number of aliphatic hydroxyl groups excluding tert-OH is 7. The first-order chi connectivity index (χ1) is 19.1. The molecule has 3 aliphatic heterocycles. The Balaban J connectivity index is 1.63. The van der Waals surface area contributed by atoms with Crippen LogP contribution in [0.2, 0.25) is 0 Å². The molecular weight excluding hydrogens is 584 g/mol. The third-order valence-corrected chi connectivity index (χ3v) is 7.58. The van der Waals surface area contributed by atoms with E-state index in [0.717, 1.165) is 6.08 Å². The van der Waals surface area contributed by atoms with Gasteiger partial charge in [-0.15, -0.1) is 0 Å². The summed E-state index contributed by atoms with van der Waals surface area (Å²) in [6, 6.07) is 0. The summed E-state index contributed by atoms with van der Waals surface area (Å²) in [5, 5.41) is 80.5. The van der Waals surface area contributed by atoms with E-state index in [4.69, 9.17) is 33.3 Å². The molecular formula is C22H36O18S. The summed E-state index contributed by atoms with van der Waals surface area (Å²) in [5.74, 6) is -4.05. The van der Waals surface area contributed by atoms with Crippen LogP contribution in [-0.4, -0.2) is 160 Å². The normalized spacial score (nSPS) is 41.9. The molecule has 2 fully saturated rings. The van der Waals surface area contributed by atoms with Crippen molar-refractivity contribution >= 4 is 16.4 Å². The highest BCUT2D eigenvalue weighted by Gasteiger charge is 2.47. The third-order valence-electron chi connectivity index (χ3n) is 7.11. The van der Waals surface area contributed by atoms with Crippen LogP contribution in [0.4, 0.5) is 0 Å². The second-order valence-corrected chi connectivity index (χ2v) is 11.0. The van der Waals surface area contributed by atoms with Crippen molar-refractivity contribution in [2.24, 2.45) is 11.8 Å². The van der Waals surface area contributed by atoms with E-state index in [1.165, 1.54) is 6.92 Å². The van der Waals surface area contributed by atoms with Crippen LogP contribution in [0.15, 0.2) is 11.8 Å². The average molecular weight is 621 g/mol. The number of carboxylic acids is 1. The van der Waals surface area contributed by atoms with Crippen molar-refractivity contribution in [3.8, 4) is 0 Å². The average Bonchev–Trinajstić information content (AvgIpc) is 2.89. The van der Waals surface area contributed by atoms with Gasteiger partial charge in [0.1, 0.15) is 42.7 Å². The molecule has 238 valence electrons. The van der Waals surface area contributed by atoms with Crippen molar-refractivity contribution in [2.75, 3.05) is 33.0 Å². The first kappa shape index (κ1) is 33.9. The Labute approximate surface area is 234 Å². The summed E-state index contributed by atoms with van der Waals surface area (Å²) in [6.07, 6.45) is -15.2. The fourth-order valence-corrected chi connectivity index (χ4v) is 5.34. The number of aliphatic carboxylic acids is 1. The molecule has 9 N–H and O–H groups in total. The molecule has 19 heteroatoms. The second-order valence-electron chi connectivity index (χ2n) is 9.96. The molecule has 0 aromatic carbocycles. The number of carbonyl (C=O) groups is 1. The Morgan fingerprint density at radius 2 is 1.46 bits per heavy atom. The van der Waals surface area contributed by atoms with Crippen LogP contribution in [-0.2, 0) is 43.1 Å². The monoisotopic (exact) mass is 620 g/mol. The Kier molecular flexibility index (Phi) is 11.8. The van der Waals surface area contributed by atoms with Gasteiger partial charge < -0.3 is 64.5 Å². The second kappa shape index (κ2) is 14.3. The van der Waals surface area contributed by atoms with E-state index < -0.39 is 121 Å². The van der Waals surface area contributed by atoms with E-state index in [0.29, 0.717) is 0 Å². The van der Waals surface area contributed by atoms with Gasteiger partial charge in [-0.25, -0.2) is 8.98 Å². The summed E-state index contributed by atoms with van der Waals surface area (Å²) in [4.78, 5) is 11.2. The van der Waals surface area contributed by atoms with Gasteiger partial charge in [0, 0.05) is 11.8 Å². The minimum atomic E-state index is -5.03. The Hall–Kier alpha value is -1.56. The Morgan fingerprint density at radius 1 is 0.854 bits per heavy atom.